The van der Waals surface area contributed by atoms with Crippen LogP contribution in [0.3, 0.4) is 0 Å². The number of likely N-dealkylation sites (N-methyl/N-ethyl adjacent to an activating group) is 1. The van der Waals surface area contributed by atoms with E-state index in [1.165, 1.54) is 12.1 Å². The monoisotopic (exact) mass is 303 g/mol. The van der Waals surface area contributed by atoms with Gasteiger partial charge in [-0.15, -0.1) is 0 Å². The van der Waals surface area contributed by atoms with Crippen molar-refractivity contribution in [2.75, 3.05) is 27.2 Å². The first-order valence-electron chi connectivity index (χ1n) is 7.34. The van der Waals surface area contributed by atoms with Gasteiger partial charge in [0.05, 0.1) is 13.2 Å². The summed E-state index contributed by atoms with van der Waals surface area (Å²) in [5.41, 5.74) is 1.87. The summed E-state index contributed by atoms with van der Waals surface area (Å²) in [5, 5.41) is 10.2. The Hall–Kier alpha value is -1.91. The molecule has 0 fully saturated rings. The van der Waals surface area contributed by atoms with Crippen LogP contribution in [0.1, 0.15) is 17.2 Å². The van der Waals surface area contributed by atoms with Gasteiger partial charge in [0.2, 0.25) is 0 Å². The number of para-hydroxylation sites is 1. The van der Waals surface area contributed by atoms with E-state index >= 15 is 0 Å². The van der Waals surface area contributed by atoms with Crippen LogP contribution < -0.4 is 4.74 Å². The fourth-order valence-corrected chi connectivity index (χ4v) is 2.40. The fourth-order valence-electron chi connectivity index (χ4n) is 2.40. The minimum absolute atomic E-state index is 0.291. The summed E-state index contributed by atoms with van der Waals surface area (Å²) in [6, 6.07) is 13.9. The predicted octanol–water partition coefficient (Wildman–Crippen LogP) is 3.04. The molecule has 0 radical (unpaired) electrons. The van der Waals surface area contributed by atoms with Crippen molar-refractivity contribution in [1.82, 2.24) is 4.90 Å². The second-order valence-corrected chi connectivity index (χ2v) is 5.39. The van der Waals surface area contributed by atoms with Crippen molar-refractivity contribution in [3.05, 3.63) is 65.5 Å². The van der Waals surface area contributed by atoms with Crippen LogP contribution in [-0.4, -0.2) is 37.3 Å². The summed E-state index contributed by atoms with van der Waals surface area (Å²) >= 11 is 0. The van der Waals surface area contributed by atoms with Crippen LogP contribution in [0, 0.1) is 5.82 Å². The molecule has 1 N–H and O–H groups in total. The van der Waals surface area contributed by atoms with Crippen molar-refractivity contribution in [2.24, 2.45) is 0 Å². The van der Waals surface area contributed by atoms with E-state index in [4.69, 9.17) is 4.74 Å². The van der Waals surface area contributed by atoms with Crippen LogP contribution >= 0.6 is 0 Å². The minimum atomic E-state index is -0.622. The quantitative estimate of drug-likeness (QED) is 0.853. The number of aliphatic hydroxyl groups excluding tert-OH is 1. The minimum Gasteiger partial charge on any atom is -0.496 e. The molecule has 0 saturated carbocycles. The Balaban J connectivity index is 1.87. The molecule has 0 amide bonds. The van der Waals surface area contributed by atoms with Gasteiger partial charge in [0.1, 0.15) is 11.6 Å². The zero-order valence-corrected chi connectivity index (χ0v) is 13.0. The van der Waals surface area contributed by atoms with E-state index in [2.05, 4.69) is 4.90 Å². The lowest BCUT2D eigenvalue weighted by atomic mass is 10.1. The van der Waals surface area contributed by atoms with E-state index in [0.29, 0.717) is 6.54 Å². The van der Waals surface area contributed by atoms with Crippen molar-refractivity contribution in [3.63, 3.8) is 0 Å². The number of methoxy groups -OCH3 is 1. The third-order valence-corrected chi connectivity index (χ3v) is 3.69. The number of hydrogen-bond donors (Lipinski definition) is 1. The van der Waals surface area contributed by atoms with Gasteiger partial charge in [0.15, 0.2) is 0 Å². The number of halogens is 1. The highest BCUT2D eigenvalue weighted by Crippen LogP contribution is 2.19. The largest absolute Gasteiger partial charge is 0.496 e. The molecule has 0 spiro atoms. The van der Waals surface area contributed by atoms with Crippen molar-refractivity contribution in [3.8, 4) is 5.75 Å². The zero-order chi connectivity index (χ0) is 15.9. The van der Waals surface area contributed by atoms with E-state index < -0.39 is 6.10 Å². The molecule has 0 bridgehead atoms. The van der Waals surface area contributed by atoms with Crippen LogP contribution in [0.2, 0.25) is 0 Å². The van der Waals surface area contributed by atoms with Crippen LogP contribution in [0.4, 0.5) is 4.39 Å². The SMILES string of the molecule is COc1ccccc1CCN(C)CC(O)c1ccc(F)cc1. The Kier molecular flexibility index (Phi) is 5.92. The molecule has 0 aliphatic rings. The average molecular weight is 303 g/mol. The van der Waals surface area contributed by atoms with Crippen molar-refractivity contribution < 1.29 is 14.2 Å². The van der Waals surface area contributed by atoms with E-state index in [1.807, 2.05) is 31.3 Å². The first kappa shape index (κ1) is 16.5. The molecule has 3 nitrogen and oxygen atoms in total. The number of hydrogen-bond acceptors (Lipinski definition) is 3. The molecule has 22 heavy (non-hydrogen) atoms. The highest BCUT2D eigenvalue weighted by atomic mass is 19.1. The standard InChI is InChI=1S/C18H22FNO2/c1-20(12-11-15-5-3-4-6-18(15)22-2)13-17(21)14-7-9-16(19)10-8-14/h3-10,17,21H,11-13H2,1-2H3. The summed E-state index contributed by atoms with van der Waals surface area (Å²) in [5.74, 6) is 0.593. The zero-order valence-electron chi connectivity index (χ0n) is 13.0. The lowest BCUT2D eigenvalue weighted by Gasteiger charge is -2.21. The van der Waals surface area contributed by atoms with Gasteiger partial charge < -0.3 is 14.7 Å². The number of nitrogens with zero attached hydrogens (tertiary/aromatic N) is 1. The second kappa shape index (κ2) is 7.92. The molecular formula is C18H22FNO2. The van der Waals surface area contributed by atoms with Gasteiger partial charge in [-0.1, -0.05) is 30.3 Å². The molecule has 1 atom stereocenters. The van der Waals surface area contributed by atoms with E-state index in [9.17, 15) is 9.50 Å². The Labute approximate surface area is 131 Å². The molecule has 0 aliphatic carbocycles. The van der Waals surface area contributed by atoms with Gasteiger partial charge in [-0.3, -0.25) is 0 Å². The van der Waals surface area contributed by atoms with Crippen LogP contribution in [-0.2, 0) is 6.42 Å². The Morgan fingerprint density at radius 1 is 1.14 bits per heavy atom. The third kappa shape index (κ3) is 4.55. The molecule has 118 valence electrons. The molecule has 0 heterocycles. The molecular weight excluding hydrogens is 281 g/mol. The molecule has 0 aromatic heterocycles. The highest BCUT2D eigenvalue weighted by molar-refractivity contribution is 5.33. The highest BCUT2D eigenvalue weighted by Gasteiger charge is 2.11. The Bertz CT molecular complexity index is 586. The Morgan fingerprint density at radius 3 is 2.50 bits per heavy atom. The maximum Gasteiger partial charge on any atom is 0.123 e. The van der Waals surface area contributed by atoms with Gasteiger partial charge in [0, 0.05) is 13.1 Å². The van der Waals surface area contributed by atoms with Crippen molar-refractivity contribution in [1.29, 1.82) is 0 Å². The summed E-state index contributed by atoms with van der Waals surface area (Å²) in [4.78, 5) is 2.06. The smallest absolute Gasteiger partial charge is 0.123 e. The number of rotatable bonds is 7. The number of benzene rings is 2. The van der Waals surface area contributed by atoms with Gasteiger partial charge >= 0.3 is 0 Å². The van der Waals surface area contributed by atoms with E-state index in [1.54, 1.807) is 19.2 Å². The maximum absolute atomic E-state index is 12.9. The topological polar surface area (TPSA) is 32.7 Å². The Morgan fingerprint density at radius 2 is 1.82 bits per heavy atom. The molecule has 2 rings (SSSR count). The molecule has 2 aromatic carbocycles. The lowest BCUT2D eigenvalue weighted by molar-refractivity contribution is 0.127. The van der Waals surface area contributed by atoms with Gasteiger partial charge in [-0.25, -0.2) is 4.39 Å². The predicted molar refractivity (Wildman–Crippen MR) is 85.6 cm³/mol. The maximum atomic E-state index is 12.9. The van der Waals surface area contributed by atoms with Gasteiger partial charge in [-0.05, 0) is 42.8 Å². The van der Waals surface area contributed by atoms with Crippen molar-refractivity contribution in [2.45, 2.75) is 12.5 Å². The number of aliphatic hydroxyl groups is 1. The molecule has 1 unspecified atom stereocenters. The summed E-state index contributed by atoms with van der Waals surface area (Å²) in [6.45, 7) is 1.30. The van der Waals surface area contributed by atoms with Gasteiger partial charge in [0.25, 0.3) is 0 Å². The summed E-state index contributed by atoms with van der Waals surface area (Å²) in [6.07, 6.45) is 0.222. The molecule has 0 aliphatic heterocycles. The average Bonchev–Trinajstić information content (AvgIpc) is 2.53. The fraction of sp³-hybridized carbons (Fsp3) is 0.333. The summed E-state index contributed by atoms with van der Waals surface area (Å²) < 4.78 is 18.2. The molecule has 0 saturated heterocycles. The van der Waals surface area contributed by atoms with Gasteiger partial charge in [-0.2, -0.15) is 0 Å². The second-order valence-electron chi connectivity index (χ2n) is 5.39. The van der Waals surface area contributed by atoms with E-state index in [0.717, 1.165) is 29.8 Å². The van der Waals surface area contributed by atoms with Crippen LogP contribution in [0.25, 0.3) is 0 Å². The lowest BCUT2D eigenvalue weighted by Crippen LogP contribution is -2.26. The normalized spacial score (nSPS) is 12.4. The first-order chi connectivity index (χ1) is 10.6. The molecule has 2 aromatic rings. The van der Waals surface area contributed by atoms with Crippen LogP contribution in [0.5, 0.6) is 5.75 Å². The van der Waals surface area contributed by atoms with Crippen molar-refractivity contribution >= 4 is 0 Å². The summed E-state index contributed by atoms with van der Waals surface area (Å²) in [7, 11) is 3.63. The van der Waals surface area contributed by atoms with E-state index in [-0.39, 0.29) is 5.82 Å². The third-order valence-electron chi connectivity index (χ3n) is 3.69. The molecule has 4 heteroatoms. The number of ether oxygens (including phenoxy) is 1. The van der Waals surface area contributed by atoms with Crippen LogP contribution in [0.15, 0.2) is 48.5 Å². The first-order valence-corrected chi connectivity index (χ1v) is 7.34.